The normalized spacial score (nSPS) is 15.3. The molecule has 0 spiro atoms. The molecule has 1 aliphatic heterocycles. The van der Waals surface area contributed by atoms with E-state index < -0.39 is 10.0 Å². The van der Waals surface area contributed by atoms with E-state index >= 15 is 0 Å². The number of pyridine rings is 1. The SMILES string of the molecule is CC(=O)c1ccc(S(=O)(=O)N2CCN(C(=O)CSCc3cccnc3)CC2)cc1. The van der Waals surface area contributed by atoms with Gasteiger partial charge >= 0.3 is 0 Å². The fraction of sp³-hybridized carbons (Fsp3) is 0.350. The number of hydrogen-bond donors (Lipinski definition) is 0. The lowest BCUT2D eigenvalue weighted by Gasteiger charge is -2.34. The van der Waals surface area contributed by atoms with Crippen molar-refractivity contribution in [2.24, 2.45) is 0 Å². The predicted molar refractivity (Wildman–Crippen MR) is 112 cm³/mol. The molecule has 1 saturated heterocycles. The number of carbonyl (C=O) groups is 2. The maximum absolute atomic E-state index is 12.8. The highest BCUT2D eigenvalue weighted by atomic mass is 32.2. The van der Waals surface area contributed by atoms with Crippen LogP contribution in [0.5, 0.6) is 0 Å². The van der Waals surface area contributed by atoms with Gasteiger partial charge < -0.3 is 4.90 Å². The molecule has 0 aliphatic carbocycles. The minimum atomic E-state index is -3.63. The number of rotatable bonds is 7. The van der Waals surface area contributed by atoms with Gasteiger partial charge in [0.25, 0.3) is 0 Å². The Hall–Kier alpha value is -2.23. The van der Waals surface area contributed by atoms with E-state index in [4.69, 9.17) is 0 Å². The molecule has 0 saturated carbocycles. The molecule has 0 atom stereocenters. The van der Waals surface area contributed by atoms with E-state index in [1.807, 2.05) is 12.1 Å². The molecule has 29 heavy (non-hydrogen) atoms. The maximum atomic E-state index is 12.8. The first-order chi connectivity index (χ1) is 13.9. The molecule has 0 bridgehead atoms. The van der Waals surface area contributed by atoms with Crippen molar-refractivity contribution >= 4 is 33.5 Å². The van der Waals surface area contributed by atoms with Crippen LogP contribution < -0.4 is 0 Å². The van der Waals surface area contributed by atoms with Crippen molar-refractivity contribution in [3.05, 3.63) is 59.9 Å². The third-order valence-electron chi connectivity index (χ3n) is 4.71. The molecular formula is C20H23N3O4S2. The summed E-state index contributed by atoms with van der Waals surface area (Å²) in [6.45, 7) is 2.70. The number of Topliss-reactive ketones (excluding diaryl/α,β-unsaturated/α-hetero) is 1. The average molecular weight is 434 g/mol. The number of amides is 1. The first-order valence-corrected chi connectivity index (χ1v) is 11.8. The summed E-state index contributed by atoms with van der Waals surface area (Å²) in [5, 5.41) is 0. The zero-order valence-corrected chi connectivity index (χ0v) is 17.8. The molecule has 0 radical (unpaired) electrons. The molecule has 2 aromatic rings. The summed E-state index contributed by atoms with van der Waals surface area (Å²) in [6.07, 6.45) is 3.49. The molecule has 1 amide bonds. The van der Waals surface area contributed by atoms with Crippen LogP contribution >= 0.6 is 11.8 Å². The summed E-state index contributed by atoms with van der Waals surface area (Å²) in [5.74, 6) is 0.974. The zero-order chi connectivity index (χ0) is 20.9. The second-order valence-electron chi connectivity index (χ2n) is 6.72. The van der Waals surface area contributed by atoms with E-state index in [-0.39, 0.29) is 29.7 Å². The summed E-state index contributed by atoms with van der Waals surface area (Å²) in [4.78, 5) is 29.7. The molecule has 154 valence electrons. The highest BCUT2D eigenvalue weighted by Crippen LogP contribution is 2.19. The van der Waals surface area contributed by atoms with Gasteiger partial charge in [0.15, 0.2) is 5.78 Å². The van der Waals surface area contributed by atoms with Crippen LogP contribution in [0.15, 0.2) is 53.7 Å². The predicted octanol–water partition coefficient (Wildman–Crippen LogP) is 2.05. The molecule has 7 nitrogen and oxygen atoms in total. The number of thioether (sulfide) groups is 1. The van der Waals surface area contributed by atoms with E-state index in [9.17, 15) is 18.0 Å². The van der Waals surface area contributed by atoms with E-state index in [1.165, 1.54) is 47.3 Å². The lowest BCUT2D eigenvalue weighted by molar-refractivity contribution is -0.129. The molecule has 1 aromatic heterocycles. The summed E-state index contributed by atoms with van der Waals surface area (Å²) in [6, 6.07) is 9.79. The Morgan fingerprint density at radius 3 is 2.34 bits per heavy atom. The summed E-state index contributed by atoms with van der Waals surface area (Å²) in [5.41, 5.74) is 1.54. The first-order valence-electron chi connectivity index (χ1n) is 9.23. The van der Waals surface area contributed by atoms with Gasteiger partial charge in [0.05, 0.1) is 10.6 Å². The van der Waals surface area contributed by atoms with Crippen LogP contribution in [0.25, 0.3) is 0 Å². The van der Waals surface area contributed by atoms with Crippen molar-refractivity contribution < 1.29 is 18.0 Å². The van der Waals surface area contributed by atoms with Crippen LogP contribution in [0, 0.1) is 0 Å². The number of nitrogens with zero attached hydrogens (tertiary/aromatic N) is 3. The van der Waals surface area contributed by atoms with Crippen LogP contribution in [0.2, 0.25) is 0 Å². The van der Waals surface area contributed by atoms with Crippen LogP contribution in [0.1, 0.15) is 22.8 Å². The second kappa shape index (κ2) is 9.51. The van der Waals surface area contributed by atoms with Crippen LogP contribution in [-0.2, 0) is 20.6 Å². The lowest BCUT2D eigenvalue weighted by Crippen LogP contribution is -2.50. The number of ketones is 1. The minimum absolute atomic E-state index is 0.0155. The minimum Gasteiger partial charge on any atom is -0.339 e. The van der Waals surface area contributed by atoms with Gasteiger partial charge in [-0.1, -0.05) is 18.2 Å². The highest BCUT2D eigenvalue weighted by Gasteiger charge is 2.30. The highest BCUT2D eigenvalue weighted by molar-refractivity contribution is 7.99. The average Bonchev–Trinajstić information content (AvgIpc) is 2.74. The summed E-state index contributed by atoms with van der Waals surface area (Å²) >= 11 is 1.52. The van der Waals surface area contributed by atoms with Crippen molar-refractivity contribution in [3.63, 3.8) is 0 Å². The summed E-state index contributed by atoms with van der Waals surface area (Å²) < 4.78 is 27.0. The first kappa shape index (κ1) is 21.5. The Bertz CT molecular complexity index is 955. The van der Waals surface area contributed by atoms with Gasteiger partial charge in [-0.15, -0.1) is 11.8 Å². The lowest BCUT2D eigenvalue weighted by atomic mass is 10.2. The van der Waals surface area contributed by atoms with Crippen LogP contribution in [0.4, 0.5) is 0 Å². The fourth-order valence-electron chi connectivity index (χ4n) is 3.02. The van der Waals surface area contributed by atoms with Crippen LogP contribution in [0.3, 0.4) is 0 Å². The molecule has 3 rings (SSSR count). The maximum Gasteiger partial charge on any atom is 0.243 e. The van der Waals surface area contributed by atoms with E-state index in [1.54, 1.807) is 17.3 Å². The number of carbonyl (C=O) groups excluding carboxylic acids is 2. The van der Waals surface area contributed by atoms with Gasteiger partial charge in [-0.3, -0.25) is 14.6 Å². The van der Waals surface area contributed by atoms with Gasteiger partial charge in [0.1, 0.15) is 0 Å². The van der Waals surface area contributed by atoms with Gasteiger partial charge in [-0.25, -0.2) is 8.42 Å². The molecule has 9 heteroatoms. The molecule has 1 aliphatic rings. The van der Waals surface area contributed by atoms with Crippen molar-refractivity contribution in [1.29, 1.82) is 0 Å². The number of benzene rings is 1. The van der Waals surface area contributed by atoms with E-state index in [2.05, 4.69) is 4.98 Å². The number of hydrogen-bond acceptors (Lipinski definition) is 6. The topological polar surface area (TPSA) is 87.7 Å². The zero-order valence-electron chi connectivity index (χ0n) is 16.2. The largest absolute Gasteiger partial charge is 0.339 e. The third kappa shape index (κ3) is 5.43. The fourth-order valence-corrected chi connectivity index (χ4v) is 5.31. The van der Waals surface area contributed by atoms with Gasteiger partial charge in [0.2, 0.25) is 15.9 Å². The number of aromatic nitrogens is 1. The Morgan fingerprint density at radius 1 is 1.07 bits per heavy atom. The van der Waals surface area contributed by atoms with Crippen LogP contribution in [-0.4, -0.2) is 66.2 Å². The Labute approximate surface area is 175 Å². The van der Waals surface area contributed by atoms with Crippen molar-refractivity contribution in [2.75, 3.05) is 31.9 Å². The number of sulfonamides is 1. The van der Waals surface area contributed by atoms with Crippen molar-refractivity contribution in [2.45, 2.75) is 17.6 Å². The van der Waals surface area contributed by atoms with Crippen molar-refractivity contribution in [1.82, 2.24) is 14.2 Å². The Balaban J connectivity index is 1.51. The molecular weight excluding hydrogens is 410 g/mol. The summed E-state index contributed by atoms with van der Waals surface area (Å²) in [7, 11) is -3.63. The molecule has 1 fully saturated rings. The van der Waals surface area contributed by atoms with Gasteiger partial charge in [-0.2, -0.15) is 4.31 Å². The molecule has 0 unspecified atom stereocenters. The van der Waals surface area contributed by atoms with Crippen molar-refractivity contribution in [3.8, 4) is 0 Å². The quantitative estimate of drug-likeness (QED) is 0.621. The molecule has 1 aromatic carbocycles. The standard InChI is InChI=1S/C20H23N3O4S2/c1-16(24)18-4-6-19(7-5-18)29(26,27)23-11-9-22(10-12-23)20(25)15-28-14-17-3-2-8-21-13-17/h2-8,13H,9-12,14-15H2,1H3. The molecule has 2 heterocycles. The van der Waals surface area contributed by atoms with E-state index in [0.29, 0.717) is 30.2 Å². The Morgan fingerprint density at radius 2 is 1.76 bits per heavy atom. The Kier molecular flexibility index (Phi) is 7.05. The molecule has 0 N–H and O–H groups in total. The van der Waals surface area contributed by atoms with Gasteiger partial charge in [-0.05, 0) is 30.7 Å². The second-order valence-corrected chi connectivity index (χ2v) is 9.64. The third-order valence-corrected chi connectivity index (χ3v) is 7.61. The van der Waals surface area contributed by atoms with Gasteiger partial charge in [0, 0.05) is 49.9 Å². The monoisotopic (exact) mass is 433 g/mol. The smallest absolute Gasteiger partial charge is 0.243 e. The van der Waals surface area contributed by atoms with E-state index in [0.717, 1.165) is 5.56 Å². The number of piperazine rings is 1.